The normalized spacial score (nSPS) is 10.8. The van der Waals surface area contributed by atoms with Crippen molar-refractivity contribution in [2.45, 2.75) is 15.8 Å². The Morgan fingerprint density at radius 1 is 1.47 bits per heavy atom. The number of halogens is 1. The fraction of sp³-hybridized carbons (Fsp3) is 0.333. The summed E-state index contributed by atoms with van der Waals surface area (Å²) in [4.78, 5) is 1.11. The monoisotopic (exact) mass is 315 g/mol. The molecule has 0 aliphatic heterocycles. The first-order chi connectivity index (χ1) is 9.31. The zero-order valence-electron chi connectivity index (χ0n) is 10.4. The minimum atomic E-state index is 0.684. The van der Waals surface area contributed by atoms with Crippen LogP contribution in [0.15, 0.2) is 32.9 Å². The Kier molecular flexibility index (Phi) is 6.06. The van der Waals surface area contributed by atoms with E-state index in [1.165, 1.54) is 11.3 Å². The van der Waals surface area contributed by atoms with E-state index in [1.54, 1.807) is 24.4 Å². The van der Waals surface area contributed by atoms with E-state index in [4.69, 9.17) is 16.3 Å². The van der Waals surface area contributed by atoms with Gasteiger partial charge in [-0.25, -0.2) is 0 Å². The van der Waals surface area contributed by atoms with Gasteiger partial charge in [0.2, 0.25) is 0 Å². The molecule has 0 saturated carbocycles. The first-order valence-electron chi connectivity index (χ1n) is 5.72. The minimum Gasteiger partial charge on any atom is -0.383 e. The zero-order valence-corrected chi connectivity index (χ0v) is 12.8. The molecule has 0 aliphatic carbocycles. The van der Waals surface area contributed by atoms with E-state index in [-0.39, 0.29) is 0 Å². The van der Waals surface area contributed by atoms with Crippen LogP contribution in [-0.2, 0) is 11.3 Å². The van der Waals surface area contributed by atoms with Crippen molar-refractivity contribution in [1.29, 1.82) is 0 Å². The Hall–Kier alpha value is -0.660. The molecule has 102 valence electrons. The third-order valence-electron chi connectivity index (χ3n) is 2.40. The second kappa shape index (κ2) is 7.81. The molecule has 0 unspecified atom stereocenters. The average Bonchev–Trinajstić information content (AvgIpc) is 2.90. The van der Waals surface area contributed by atoms with Crippen molar-refractivity contribution in [2.75, 3.05) is 20.3 Å². The summed E-state index contributed by atoms with van der Waals surface area (Å²) in [5, 5.41) is 12.0. The molecule has 7 heteroatoms. The lowest BCUT2D eigenvalue weighted by Crippen LogP contribution is -2.19. The first-order valence-corrected chi connectivity index (χ1v) is 7.79. The van der Waals surface area contributed by atoms with Crippen molar-refractivity contribution in [3.63, 3.8) is 0 Å². The van der Waals surface area contributed by atoms with E-state index in [9.17, 15) is 0 Å². The zero-order chi connectivity index (χ0) is 13.5. The van der Waals surface area contributed by atoms with Crippen LogP contribution in [0, 0.1) is 0 Å². The van der Waals surface area contributed by atoms with Crippen LogP contribution in [0.4, 0.5) is 0 Å². The van der Waals surface area contributed by atoms with Gasteiger partial charge in [0.25, 0.3) is 0 Å². The van der Waals surface area contributed by atoms with Crippen molar-refractivity contribution in [1.82, 2.24) is 15.5 Å². The quantitative estimate of drug-likeness (QED) is 0.796. The van der Waals surface area contributed by atoms with Gasteiger partial charge in [0.15, 0.2) is 4.34 Å². The molecular formula is C12H14ClN3OS2. The summed E-state index contributed by atoms with van der Waals surface area (Å²) in [7, 11) is 1.69. The number of rotatable bonds is 7. The summed E-state index contributed by atoms with van der Waals surface area (Å²) < 4.78 is 5.93. The maximum atomic E-state index is 6.27. The molecule has 1 N–H and O–H groups in total. The highest BCUT2D eigenvalue weighted by atomic mass is 35.5. The molecule has 0 amide bonds. The predicted octanol–water partition coefficient (Wildman–Crippen LogP) is 3.08. The average molecular weight is 316 g/mol. The SMILES string of the molecule is COCCNCc1c(Cl)cccc1Sc1nncs1. The van der Waals surface area contributed by atoms with E-state index < -0.39 is 0 Å². The minimum absolute atomic E-state index is 0.684. The number of benzene rings is 1. The number of nitrogens with one attached hydrogen (secondary N) is 1. The fourth-order valence-corrected chi connectivity index (χ4v) is 3.39. The molecular weight excluding hydrogens is 302 g/mol. The molecule has 0 fully saturated rings. The molecule has 0 spiro atoms. The Bertz CT molecular complexity index is 508. The van der Waals surface area contributed by atoms with Gasteiger partial charge in [0, 0.05) is 30.1 Å². The van der Waals surface area contributed by atoms with Crippen molar-refractivity contribution in [3.8, 4) is 0 Å². The van der Waals surface area contributed by atoms with Gasteiger partial charge >= 0.3 is 0 Å². The number of hydrogen-bond acceptors (Lipinski definition) is 6. The maximum Gasteiger partial charge on any atom is 0.178 e. The Balaban J connectivity index is 2.07. The highest BCUT2D eigenvalue weighted by Gasteiger charge is 2.09. The van der Waals surface area contributed by atoms with Crippen molar-refractivity contribution in [3.05, 3.63) is 34.3 Å². The van der Waals surface area contributed by atoms with Crippen LogP contribution in [0.3, 0.4) is 0 Å². The Morgan fingerprint density at radius 2 is 2.37 bits per heavy atom. The smallest absolute Gasteiger partial charge is 0.178 e. The van der Waals surface area contributed by atoms with Gasteiger partial charge in [-0.2, -0.15) is 0 Å². The topological polar surface area (TPSA) is 47.0 Å². The highest BCUT2D eigenvalue weighted by molar-refractivity contribution is 8.01. The molecule has 1 aromatic heterocycles. The molecule has 0 atom stereocenters. The highest BCUT2D eigenvalue weighted by Crippen LogP contribution is 2.34. The van der Waals surface area contributed by atoms with Crippen molar-refractivity contribution < 1.29 is 4.74 Å². The number of aromatic nitrogens is 2. The third kappa shape index (κ3) is 4.43. The fourth-order valence-electron chi connectivity index (χ4n) is 1.50. The summed E-state index contributed by atoms with van der Waals surface area (Å²) in [6.45, 7) is 2.19. The van der Waals surface area contributed by atoms with E-state index in [1.807, 2.05) is 18.2 Å². The van der Waals surface area contributed by atoms with Gasteiger partial charge < -0.3 is 10.1 Å². The molecule has 2 aromatic rings. The molecule has 4 nitrogen and oxygen atoms in total. The van der Waals surface area contributed by atoms with Gasteiger partial charge in [-0.15, -0.1) is 10.2 Å². The molecule has 1 aromatic carbocycles. The molecule has 0 saturated heterocycles. The van der Waals surface area contributed by atoms with Crippen molar-refractivity contribution in [2.24, 2.45) is 0 Å². The van der Waals surface area contributed by atoms with E-state index in [0.29, 0.717) is 13.2 Å². The van der Waals surface area contributed by atoms with E-state index in [2.05, 4.69) is 15.5 Å². The number of methoxy groups -OCH3 is 1. The lowest BCUT2D eigenvalue weighted by atomic mass is 10.2. The molecule has 19 heavy (non-hydrogen) atoms. The van der Waals surface area contributed by atoms with Gasteiger partial charge in [-0.05, 0) is 17.7 Å². The van der Waals surface area contributed by atoms with Gasteiger partial charge in [-0.1, -0.05) is 40.8 Å². The largest absolute Gasteiger partial charge is 0.383 e. The predicted molar refractivity (Wildman–Crippen MR) is 79.1 cm³/mol. The Labute approximate surface area is 125 Å². The Morgan fingerprint density at radius 3 is 3.11 bits per heavy atom. The van der Waals surface area contributed by atoms with Crippen LogP contribution < -0.4 is 5.32 Å². The van der Waals surface area contributed by atoms with Crippen LogP contribution in [0.2, 0.25) is 5.02 Å². The number of hydrogen-bond donors (Lipinski definition) is 1. The first kappa shape index (κ1) is 14.7. The van der Waals surface area contributed by atoms with Crippen LogP contribution in [0.25, 0.3) is 0 Å². The molecule has 1 heterocycles. The van der Waals surface area contributed by atoms with Crippen LogP contribution in [-0.4, -0.2) is 30.5 Å². The summed E-state index contributed by atoms with van der Waals surface area (Å²) >= 11 is 9.37. The van der Waals surface area contributed by atoms with Crippen molar-refractivity contribution >= 4 is 34.7 Å². The van der Waals surface area contributed by atoms with Crippen LogP contribution in [0.1, 0.15) is 5.56 Å². The lowest BCUT2D eigenvalue weighted by molar-refractivity contribution is 0.199. The van der Waals surface area contributed by atoms with Gasteiger partial charge in [0.05, 0.1) is 6.61 Å². The standard InChI is InChI=1S/C12H14ClN3OS2/c1-17-6-5-14-7-9-10(13)3-2-4-11(9)19-12-16-15-8-18-12/h2-4,8,14H,5-7H2,1H3. The summed E-state index contributed by atoms with van der Waals surface area (Å²) in [5.74, 6) is 0. The van der Waals surface area contributed by atoms with E-state index in [0.717, 1.165) is 26.4 Å². The lowest BCUT2D eigenvalue weighted by Gasteiger charge is -2.10. The number of ether oxygens (including phenoxy) is 1. The summed E-state index contributed by atoms with van der Waals surface area (Å²) in [6, 6.07) is 5.90. The summed E-state index contributed by atoms with van der Waals surface area (Å²) in [6.07, 6.45) is 0. The molecule has 0 bridgehead atoms. The third-order valence-corrected chi connectivity index (χ3v) is 4.63. The van der Waals surface area contributed by atoms with Gasteiger partial charge in [0.1, 0.15) is 5.51 Å². The molecule has 0 radical (unpaired) electrons. The maximum absolute atomic E-state index is 6.27. The molecule has 2 rings (SSSR count). The second-order valence-corrected chi connectivity index (χ2v) is 6.22. The summed E-state index contributed by atoms with van der Waals surface area (Å²) in [5.41, 5.74) is 2.81. The van der Waals surface area contributed by atoms with E-state index >= 15 is 0 Å². The van der Waals surface area contributed by atoms with Gasteiger partial charge in [-0.3, -0.25) is 0 Å². The van der Waals surface area contributed by atoms with Crippen LogP contribution in [0.5, 0.6) is 0 Å². The second-order valence-electron chi connectivity index (χ2n) is 3.69. The number of nitrogens with zero attached hydrogens (tertiary/aromatic N) is 2. The van der Waals surface area contributed by atoms with Crippen LogP contribution >= 0.6 is 34.7 Å². The molecule has 0 aliphatic rings.